The molecule has 7 heteroatoms. The molecule has 6 nitrogen and oxygen atoms in total. The van der Waals surface area contributed by atoms with Gasteiger partial charge in [0.05, 0.1) is 11.2 Å². The monoisotopic (exact) mass is 286 g/mol. The van der Waals surface area contributed by atoms with Gasteiger partial charge in [0.2, 0.25) is 0 Å². The third-order valence-corrected chi connectivity index (χ3v) is 3.24. The van der Waals surface area contributed by atoms with Crippen LogP contribution < -0.4 is 5.32 Å². The summed E-state index contributed by atoms with van der Waals surface area (Å²) in [6.07, 6.45) is 0.566. The summed E-state index contributed by atoms with van der Waals surface area (Å²) < 4.78 is 0. The Kier molecular flexibility index (Phi) is 5.91. The van der Waals surface area contributed by atoms with Crippen LogP contribution in [-0.2, 0) is 16.0 Å². The average Bonchev–Trinajstić information content (AvgIpc) is 2.78. The van der Waals surface area contributed by atoms with Crippen LogP contribution in [0.4, 0.5) is 0 Å². The Morgan fingerprint density at radius 1 is 1.32 bits per heavy atom. The van der Waals surface area contributed by atoms with Crippen LogP contribution in [0.25, 0.3) is 0 Å². The molecule has 1 aromatic rings. The predicted octanol–water partition coefficient (Wildman–Crippen LogP) is 1.23. The summed E-state index contributed by atoms with van der Waals surface area (Å²) in [5, 5.41) is 22.7. The van der Waals surface area contributed by atoms with Gasteiger partial charge in [-0.2, -0.15) is 0 Å². The first-order valence-corrected chi connectivity index (χ1v) is 6.93. The highest BCUT2D eigenvalue weighted by molar-refractivity contribution is 7.07. The van der Waals surface area contributed by atoms with Gasteiger partial charge >= 0.3 is 11.9 Å². The molecule has 2 atom stereocenters. The molecule has 0 saturated heterocycles. The largest absolute Gasteiger partial charge is 0.480 e. The summed E-state index contributed by atoms with van der Waals surface area (Å²) in [6.45, 7) is 3.79. The molecule has 3 N–H and O–H groups in total. The van der Waals surface area contributed by atoms with Crippen molar-refractivity contribution in [1.82, 2.24) is 10.3 Å². The van der Waals surface area contributed by atoms with Gasteiger partial charge in [-0.25, -0.2) is 4.98 Å². The van der Waals surface area contributed by atoms with Crippen LogP contribution in [0.2, 0.25) is 0 Å². The van der Waals surface area contributed by atoms with Crippen LogP contribution in [0.1, 0.15) is 26.0 Å². The van der Waals surface area contributed by atoms with E-state index < -0.39 is 24.0 Å². The van der Waals surface area contributed by atoms with Crippen LogP contribution >= 0.6 is 11.3 Å². The second-order valence-corrected chi connectivity index (χ2v) is 5.48. The molecule has 0 amide bonds. The Morgan fingerprint density at radius 2 is 1.95 bits per heavy atom. The van der Waals surface area contributed by atoms with Crippen molar-refractivity contribution < 1.29 is 19.8 Å². The molecule has 1 aromatic heterocycles. The number of rotatable bonds is 8. The van der Waals surface area contributed by atoms with E-state index in [0.29, 0.717) is 12.1 Å². The molecular formula is C12H18N2O4S. The molecule has 0 bridgehead atoms. The topological polar surface area (TPSA) is 99.5 Å². The second kappa shape index (κ2) is 7.20. The Morgan fingerprint density at radius 3 is 2.37 bits per heavy atom. The molecule has 1 rings (SSSR count). The molecule has 0 radical (unpaired) electrons. The van der Waals surface area contributed by atoms with Crippen molar-refractivity contribution in [3.63, 3.8) is 0 Å². The van der Waals surface area contributed by atoms with Crippen LogP contribution in [0.5, 0.6) is 0 Å². The second-order valence-electron chi connectivity index (χ2n) is 4.76. The van der Waals surface area contributed by atoms with Gasteiger partial charge in [-0.3, -0.25) is 14.9 Å². The van der Waals surface area contributed by atoms with Gasteiger partial charge in [-0.15, -0.1) is 11.3 Å². The van der Waals surface area contributed by atoms with Crippen molar-refractivity contribution in [3.8, 4) is 0 Å². The number of aromatic nitrogens is 1. The van der Waals surface area contributed by atoms with Crippen molar-refractivity contribution >= 4 is 23.3 Å². The molecule has 1 heterocycles. The Bertz CT molecular complexity index is 419. The number of carbonyl (C=O) groups is 2. The standard InChI is InChI=1S/C12H18N2O4S/c1-7(2)3-9(11(15)16)14-10(12(17)18)4-8-5-19-6-13-8/h5-7,9-10,14H,3-4H2,1-2H3,(H,15,16)(H,17,18). The molecule has 106 valence electrons. The first-order valence-electron chi connectivity index (χ1n) is 5.99. The maximum absolute atomic E-state index is 11.2. The summed E-state index contributed by atoms with van der Waals surface area (Å²) in [5.41, 5.74) is 2.27. The molecule has 0 spiro atoms. The van der Waals surface area contributed by atoms with Gasteiger partial charge in [-0.1, -0.05) is 13.8 Å². The van der Waals surface area contributed by atoms with Gasteiger partial charge in [0.25, 0.3) is 0 Å². The summed E-state index contributed by atoms with van der Waals surface area (Å²) >= 11 is 1.38. The zero-order valence-corrected chi connectivity index (χ0v) is 11.7. The van der Waals surface area contributed by atoms with Crippen LogP contribution in [0.15, 0.2) is 10.9 Å². The molecule has 2 unspecified atom stereocenters. The Hall–Kier alpha value is -1.47. The SMILES string of the molecule is CC(C)CC(NC(Cc1cscn1)C(=O)O)C(=O)O. The lowest BCUT2D eigenvalue weighted by Crippen LogP contribution is -2.48. The van der Waals surface area contributed by atoms with Gasteiger partial charge in [0.1, 0.15) is 12.1 Å². The van der Waals surface area contributed by atoms with Crippen LogP contribution in [-0.4, -0.2) is 39.2 Å². The molecular weight excluding hydrogens is 268 g/mol. The minimum atomic E-state index is -1.07. The number of carboxylic acid groups (broad SMARTS) is 2. The first kappa shape index (κ1) is 15.6. The normalized spacial score (nSPS) is 14.3. The zero-order valence-electron chi connectivity index (χ0n) is 10.9. The van der Waals surface area contributed by atoms with Gasteiger partial charge in [0.15, 0.2) is 0 Å². The minimum Gasteiger partial charge on any atom is -0.480 e. The fourth-order valence-electron chi connectivity index (χ4n) is 1.72. The number of hydrogen-bond acceptors (Lipinski definition) is 5. The van der Waals surface area contributed by atoms with E-state index >= 15 is 0 Å². The molecule has 0 saturated carbocycles. The molecule has 0 aromatic carbocycles. The fourth-order valence-corrected chi connectivity index (χ4v) is 2.29. The highest BCUT2D eigenvalue weighted by Crippen LogP contribution is 2.09. The quantitative estimate of drug-likeness (QED) is 0.664. The van der Waals surface area contributed by atoms with Crippen LogP contribution in [0, 0.1) is 5.92 Å². The molecule has 0 fully saturated rings. The van der Waals surface area contributed by atoms with E-state index in [1.807, 2.05) is 13.8 Å². The van der Waals surface area contributed by atoms with Gasteiger partial charge in [0, 0.05) is 11.8 Å². The zero-order chi connectivity index (χ0) is 14.4. The molecule has 0 aliphatic carbocycles. The van der Waals surface area contributed by atoms with Gasteiger partial charge in [-0.05, 0) is 12.3 Å². The van der Waals surface area contributed by atoms with E-state index in [4.69, 9.17) is 10.2 Å². The van der Waals surface area contributed by atoms with Crippen LogP contribution in [0.3, 0.4) is 0 Å². The number of nitrogens with zero attached hydrogens (tertiary/aromatic N) is 1. The van der Waals surface area contributed by atoms with E-state index in [0.717, 1.165) is 0 Å². The van der Waals surface area contributed by atoms with E-state index in [1.165, 1.54) is 11.3 Å². The van der Waals surface area contributed by atoms with Crippen molar-refractivity contribution in [2.24, 2.45) is 5.92 Å². The lowest BCUT2D eigenvalue weighted by atomic mass is 10.0. The third kappa shape index (κ3) is 5.35. The summed E-state index contributed by atoms with van der Waals surface area (Å²) in [6, 6.07) is -1.80. The number of thiazole rings is 1. The minimum absolute atomic E-state index is 0.169. The van der Waals surface area contributed by atoms with Crippen molar-refractivity contribution in [2.45, 2.75) is 38.8 Å². The summed E-state index contributed by atoms with van der Waals surface area (Å²) in [7, 11) is 0. The van der Waals surface area contributed by atoms with Gasteiger partial charge < -0.3 is 10.2 Å². The number of carboxylic acids is 2. The first-order chi connectivity index (χ1) is 8.90. The average molecular weight is 286 g/mol. The smallest absolute Gasteiger partial charge is 0.321 e. The Balaban J connectivity index is 2.70. The number of aliphatic carboxylic acids is 2. The third-order valence-electron chi connectivity index (χ3n) is 2.60. The predicted molar refractivity (Wildman–Crippen MR) is 71.3 cm³/mol. The van der Waals surface area contributed by atoms with E-state index in [1.54, 1.807) is 10.9 Å². The van der Waals surface area contributed by atoms with E-state index in [9.17, 15) is 9.59 Å². The highest BCUT2D eigenvalue weighted by Gasteiger charge is 2.27. The maximum Gasteiger partial charge on any atom is 0.321 e. The summed E-state index contributed by atoms with van der Waals surface area (Å²) in [4.78, 5) is 26.3. The van der Waals surface area contributed by atoms with Crippen molar-refractivity contribution in [1.29, 1.82) is 0 Å². The van der Waals surface area contributed by atoms with E-state index in [2.05, 4.69) is 10.3 Å². The van der Waals surface area contributed by atoms with E-state index in [-0.39, 0.29) is 12.3 Å². The number of nitrogens with one attached hydrogen (secondary N) is 1. The maximum atomic E-state index is 11.2. The highest BCUT2D eigenvalue weighted by atomic mass is 32.1. The molecule has 0 aliphatic rings. The lowest BCUT2D eigenvalue weighted by molar-refractivity contribution is -0.142. The Labute approximate surface area is 115 Å². The molecule has 0 aliphatic heterocycles. The van der Waals surface area contributed by atoms with Crippen molar-refractivity contribution in [3.05, 3.63) is 16.6 Å². The summed E-state index contributed by atoms with van der Waals surface area (Å²) in [5.74, 6) is -1.93. The number of hydrogen-bond donors (Lipinski definition) is 3. The lowest BCUT2D eigenvalue weighted by Gasteiger charge is -2.21. The van der Waals surface area contributed by atoms with Crippen molar-refractivity contribution in [2.75, 3.05) is 0 Å². The fraction of sp³-hybridized carbons (Fsp3) is 0.583. The molecule has 19 heavy (non-hydrogen) atoms.